The van der Waals surface area contributed by atoms with Crippen LogP contribution in [0, 0.1) is 20.8 Å². The fraction of sp³-hybridized carbons (Fsp3) is 0.200. The molecule has 2 aromatic carbocycles. The highest BCUT2D eigenvalue weighted by Crippen LogP contribution is 2.28. The summed E-state index contributed by atoms with van der Waals surface area (Å²) in [4.78, 5) is 21.1. The summed E-state index contributed by atoms with van der Waals surface area (Å²) in [6.45, 7) is 5.98. The van der Waals surface area contributed by atoms with Crippen molar-refractivity contribution in [1.29, 1.82) is 0 Å². The minimum absolute atomic E-state index is 0.268. The van der Waals surface area contributed by atoms with E-state index in [-0.39, 0.29) is 5.91 Å². The van der Waals surface area contributed by atoms with Crippen LogP contribution in [-0.4, -0.2) is 39.9 Å². The first-order valence-electron chi connectivity index (χ1n) is 10.6. The van der Waals surface area contributed by atoms with E-state index in [2.05, 4.69) is 20.4 Å². The zero-order chi connectivity index (χ0) is 24.2. The predicted octanol–water partition coefficient (Wildman–Crippen LogP) is 4.65. The van der Waals surface area contributed by atoms with Crippen LogP contribution in [0.5, 0.6) is 23.1 Å². The number of nitrogens with one attached hydrogen (secondary N) is 1. The van der Waals surface area contributed by atoms with Crippen molar-refractivity contribution < 1.29 is 19.0 Å². The molecule has 34 heavy (non-hydrogen) atoms. The fourth-order valence-corrected chi connectivity index (χ4v) is 3.35. The molecule has 1 N–H and O–H groups in total. The highest BCUT2D eigenvalue weighted by Gasteiger charge is 2.13. The molecule has 2 heterocycles. The Morgan fingerprint density at radius 1 is 0.912 bits per heavy atom. The van der Waals surface area contributed by atoms with Gasteiger partial charge in [0.05, 0.1) is 19.9 Å². The van der Waals surface area contributed by atoms with Gasteiger partial charge in [-0.3, -0.25) is 4.79 Å². The summed E-state index contributed by atoms with van der Waals surface area (Å²) in [5.74, 6) is 2.35. The lowest BCUT2D eigenvalue weighted by Gasteiger charge is -2.11. The molecule has 9 heteroatoms. The van der Waals surface area contributed by atoms with Gasteiger partial charge < -0.3 is 19.5 Å². The Labute approximate surface area is 197 Å². The number of hydrogen-bond donors (Lipinski definition) is 1. The summed E-state index contributed by atoms with van der Waals surface area (Å²) in [6, 6.07) is 13.7. The smallest absolute Gasteiger partial charge is 0.255 e. The molecule has 0 aliphatic carbocycles. The maximum atomic E-state index is 12.6. The first kappa shape index (κ1) is 22.8. The van der Waals surface area contributed by atoms with Crippen molar-refractivity contribution >= 4 is 11.6 Å². The van der Waals surface area contributed by atoms with Gasteiger partial charge in [-0.1, -0.05) is 0 Å². The number of aryl methyl sites for hydroxylation is 1. The average molecular weight is 460 g/mol. The topological polar surface area (TPSA) is 100 Å². The molecule has 0 bridgehead atoms. The summed E-state index contributed by atoms with van der Waals surface area (Å²) in [7, 11) is 3.07. The number of aromatic nitrogens is 4. The molecule has 2 aromatic heterocycles. The number of rotatable bonds is 7. The zero-order valence-electron chi connectivity index (χ0n) is 19.6. The number of nitrogens with zero attached hydrogens (tertiary/aromatic N) is 4. The van der Waals surface area contributed by atoms with Crippen LogP contribution in [0.1, 0.15) is 27.3 Å². The van der Waals surface area contributed by atoms with E-state index < -0.39 is 0 Å². The summed E-state index contributed by atoms with van der Waals surface area (Å²) in [5, 5.41) is 7.38. The summed E-state index contributed by atoms with van der Waals surface area (Å²) < 4.78 is 18.1. The molecule has 0 saturated carbocycles. The van der Waals surface area contributed by atoms with Gasteiger partial charge in [0.2, 0.25) is 5.88 Å². The van der Waals surface area contributed by atoms with Gasteiger partial charge in [-0.05, 0) is 68.8 Å². The van der Waals surface area contributed by atoms with Gasteiger partial charge >= 0.3 is 0 Å². The lowest BCUT2D eigenvalue weighted by atomic mass is 10.2. The Morgan fingerprint density at radius 3 is 2.29 bits per heavy atom. The molecule has 4 aromatic rings. The van der Waals surface area contributed by atoms with Crippen molar-refractivity contribution in [2.24, 2.45) is 0 Å². The molecule has 0 saturated heterocycles. The van der Waals surface area contributed by atoms with Crippen LogP contribution in [0.4, 0.5) is 5.69 Å². The summed E-state index contributed by atoms with van der Waals surface area (Å²) >= 11 is 0. The summed E-state index contributed by atoms with van der Waals surface area (Å²) in [5.41, 5.74) is 4.15. The Kier molecular flexibility index (Phi) is 6.44. The third kappa shape index (κ3) is 4.68. The van der Waals surface area contributed by atoms with Crippen LogP contribution < -0.4 is 19.5 Å². The molecule has 9 nitrogen and oxygen atoms in total. The Bertz CT molecular complexity index is 1330. The van der Waals surface area contributed by atoms with E-state index in [0.717, 1.165) is 17.0 Å². The number of amides is 1. The predicted molar refractivity (Wildman–Crippen MR) is 127 cm³/mol. The van der Waals surface area contributed by atoms with Crippen LogP contribution >= 0.6 is 0 Å². The molecule has 0 aliphatic rings. The van der Waals surface area contributed by atoms with Crippen molar-refractivity contribution in [3.8, 4) is 28.9 Å². The van der Waals surface area contributed by atoms with E-state index in [1.54, 1.807) is 60.3 Å². The van der Waals surface area contributed by atoms with E-state index in [9.17, 15) is 4.79 Å². The van der Waals surface area contributed by atoms with E-state index >= 15 is 0 Å². The van der Waals surface area contributed by atoms with Gasteiger partial charge in [0, 0.05) is 23.0 Å². The van der Waals surface area contributed by atoms with Gasteiger partial charge in [-0.15, -0.1) is 0 Å². The molecule has 0 spiro atoms. The molecule has 0 radical (unpaired) electrons. The molecule has 0 fully saturated rings. The zero-order valence-corrected chi connectivity index (χ0v) is 19.6. The second kappa shape index (κ2) is 9.62. The third-order valence-corrected chi connectivity index (χ3v) is 5.48. The van der Waals surface area contributed by atoms with Crippen molar-refractivity contribution in [2.45, 2.75) is 20.8 Å². The molecule has 0 atom stereocenters. The van der Waals surface area contributed by atoms with Gasteiger partial charge in [0.25, 0.3) is 5.91 Å². The van der Waals surface area contributed by atoms with Gasteiger partial charge in [-0.25, -0.2) is 14.6 Å². The standard InChI is InChI=1S/C25H25N5O4/c1-15-16(2)29-30(17(15)3)23-13-24(27-14-26-23)34-20-9-7-19(8-10-20)28-25(31)18-6-11-21(32-4)22(12-18)33-5/h6-14H,1-5H3,(H,28,31). The van der Waals surface area contributed by atoms with Crippen molar-refractivity contribution in [1.82, 2.24) is 19.7 Å². The second-order valence-electron chi connectivity index (χ2n) is 7.57. The lowest BCUT2D eigenvalue weighted by Crippen LogP contribution is -2.12. The monoisotopic (exact) mass is 459 g/mol. The van der Waals surface area contributed by atoms with E-state index in [1.165, 1.54) is 13.4 Å². The maximum Gasteiger partial charge on any atom is 0.255 e. The Hall–Kier alpha value is -4.40. The van der Waals surface area contributed by atoms with Crippen LogP contribution in [0.3, 0.4) is 0 Å². The van der Waals surface area contributed by atoms with Crippen molar-refractivity contribution in [2.75, 3.05) is 19.5 Å². The SMILES string of the molecule is COc1ccc(C(=O)Nc2ccc(Oc3cc(-n4nc(C)c(C)c4C)ncn3)cc2)cc1OC. The maximum absolute atomic E-state index is 12.6. The summed E-state index contributed by atoms with van der Waals surface area (Å²) in [6.07, 6.45) is 1.44. The number of ether oxygens (including phenoxy) is 3. The number of benzene rings is 2. The molecular weight excluding hydrogens is 434 g/mol. The third-order valence-electron chi connectivity index (χ3n) is 5.48. The number of methoxy groups -OCH3 is 2. The molecule has 4 rings (SSSR count). The van der Waals surface area contributed by atoms with Crippen LogP contribution in [0.15, 0.2) is 54.9 Å². The molecule has 0 aliphatic heterocycles. The minimum atomic E-state index is -0.268. The van der Waals surface area contributed by atoms with Crippen LogP contribution in [0.25, 0.3) is 5.82 Å². The highest BCUT2D eigenvalue weighted by molar-refractivity contribution is 6.04. The largest absolute Gasteiger partial charge is 0.493 e. The van der Waals surface area contributed by atoms with Crippen LogP contribution in [-0.2, 0) is 0 Å². The van der Waals surface area contributed by atoms with Gasteiger partial charge in [-0.2, -0.15) is 5.10 Å². The minimum Gasteiger partial charge on any atom is -0.493 e. The number of anilines is 1. The Morgan fingerprint density at radius 2 is 1.65 bits per heavy atom. The van der Waals surface area contributed by atoms with E-state index in [4.69, 9.17) is 14.2 Å². The molecule has 174 valence electrons. The van der Waals surface area contributed by atoms with Gasteiger partial charge in [0.1, 0.15) is 12.1 Å². The van der Waals surface area contributed by atoms with Gasteiger partial charge in [0.15, 0.2) is 17.3 Å². The highest BCUT2D eigenvalue weighted by atomic mass is 16.5. The fourth-order valence-electron chi connectivity index (χ4n) is 3.35. The quantitative estimate of drug-likeness (QED) is 0.429. The Balaban J connectivity index is 1.45. The average Bonchev–Trinajstić information content (AvgIpc) is 3.12. The van der Waals surface area contributed by atoms with Crippen LogP contribution in [0.2, 0.25) is 0 Å². The molecular formula is C25H25N5O4. The first-order valence-corrected chi connectivity index (χ1v) is 10.6. The first-order chi connectivity index (χ1) is 16.4. The van der Waals surface area contributed by atoms with E-state index in [0.29, 0.717) is 40.2 Å². The van der Waals surface area contributed by atoms with Crippen molar-refractivity contribution in [3.05, 3.63) is 77.4 Å². The molecule has 0 unspecified atom stereocenters. The van der Waals surface area contributed by atoms with Crippen molar-refractivity contribution in [3.63, 3.8) is 0 Å². The number of carbonyl (C=O) groups is 1. The van der Waals surface area contributed by atoms with E-state index in [1.807, 2.05) is 20.8 Å². The molecule has 1 amide bonds. The number of hydrogen-bond acceptors (Lipinski definition) is 7. The normalized spacial score (nSPS) is 10.6. The lowest BCUT2D eigenvalue weighted by molar-refractivity contribution is 0.102. The number of carbonyl (C=O) groups excluding carboxylic acids is 1. The second-order valence-corrected chi connectivity index (χ2v) is 7.57.